The summed E-state index contributed by atoms with van der Waals surface area (Å²) in [5, 5.41) is 10.9. The van der Waals surface area contributed by atoms with E-state index in [1.807, 2.05) is 11.6 Å². The Labute approximate surface area is 78.1 Å². The van der Waals surface area contributed by atoms with Gasteiger partial charge in [-0.15, -0.1) is 10.2 Å². The summed E-state index contributed by atoms with van der Waals surface area (Å²) < 4.78 is 7.01. The summed E-state index contributed by atoms with van der Waals surface area (Å²) in [6.07, 6.45) is 2.74. The highest BCUT2D eigenvalue weighted by molar-refractivity contribution is 4.84. The Kier molecular flexibility index (Phi) is 4.42. The molecule has 0 bridgehead atoms. The molecule has 0 amide bonds. The molecular weight excluding hydrogens is 168 g/mol. The van der Waals surface area contributed by atoms with E-state index in [0.29, 0.717) is 0 Å². The van der Waals surface area contributed by atoms with E-state index in [9.17, 15) is 0 Å². The number of nitrogens with zero attached hydrogens (tertiary/aromatic N) is 3. The molecule has 0 fully saturated rings. The van der Waals surface area contributed by atoms with Crippen molar-refractivity contribution in [2.24, 2.45) is 0 Å². The van der Waals surface area contributed by atoms with Crippen LogP contribution in [0.25, 0.3) is 0 Å². The molecule has 0 saturated heterocycles. The Morgan fingerprint density at radius 3 is 3.15 bits per heavy atom. The van der Waals surface area contributed by atoms with Gasteiger partial charge >= 0.3 is 0 Å². The van der Waals surface area contributed by atoms with Crippen molar-refractivity contribution in [3.8, 4) is 0 Å². The standard InChI is InChI=1S/C8H16N4O/c1-9-6-8-11-10-7-12(8)4-3-5-13-2/h7,9H,3-6H2,1-2H3. The average Bonchev–Trinajstić information content (AvgIpc) is 2.54. The summed E-state index contributed by atoms with van der Waals surface area (Å²) in [7, 11) is 3.61. The monoisotopic (exact) mass is 184 g/mol. The summed E-state index contributed by atoms with van der Waals surface area (Å²) >= 11 is 0. The van der Waals surface area contributed by atoms with Gasteiger partial charge in [-0.3, -0.25) is 0 Å². The van der Waals surface area contributed by atoms with Crippen LogP contribution in [0, 0.1) is 0 Å². The SMILES string of the molecule is CNCc1nncn1CCCOC. The quantitative estimate of drug-likeness (QED) is 0.634. The molecule has 1 heterocycles. The molecule has 1 aromatic rings. The molecule has 0 unspecified atom stereocenters. The highest BCUT2D eigenvalue weighted by Gasteiger charge is 2.01. The maximum Gasteiger partial charge on any atom is 0.146 e. The van der Waals surface area contributed by atoms with E-state index < -0.39 is 0 Å². The van der Waals surface area contributed by atoms with Gasteiger partial charge in [-0.05, 0) is 13.5 Å². The number of hydrogen-bond donors (Lipinski definition) is 1. The summed E-state index contributed by atoms with van der Waals surface area (Å²) in [5.74, 6) is 0.971. The molecule has 0 saturated carbocycles. The predicted molar refractivity (Wildman–Crippen MR) is 49.3 cm³/mol. The van der Waals surface area contributed by atoms with Crippen LogP contribution in [0.3, 0.4) is 0 Å². The van der Waals surface area contributed by atoms with Gasteiger partial charge in [0.25, 0.3) is 0 Å². The minimum atomic E-state index is 0.757. The zero-order chi connectivity index (χ0) is 9.52. The molecule has 1 N–H and O–H groups in total. The van der Waals surface area contributed by atoms with Gasteiger partial charge in [0, 0.05) is 20.3 Å². The summed E-state index contributed by atoms with van der Waals surface area (Å²) in [5.41, 5.74) is 0. The van der Waals surface area contributed by atoms with Crippen molar-refractivity contribution in [2.45, 2.75) is 19.5 Å². The third-order valence-corrected chi connectivity index (χ3v) is 1.78. The van der Waals surface area contributed by atoms with Crippen molar-refractivity contribution in [1.82, 2.24) is 20.1 Å². The fourth-order valence-electron chi connectivity index (χ4n) is 1.14. The normalized spacial score (nSPS) is 10.6. The van der Waals surface area contributed by atoms with E-state index >= 15 is 0 Å². The summed E-state index contributed by atoms with van der Waals surface area (Å²) in [6.45, 7) is 2.45. The molecule has 0 aliphatic rings. The van der Waals surface area contributed by atoms with Gasteiger partial charge in [-0.25, -0.2) is 0 Å². The molecule has 0 aromatic carbocycles. The Bertz CT molecular complexity index is 236. The maximum absolute atomic E-state index is 4.97. The van der Waals surface area contributed by atoms with Crippen LogP contribution in [0.1, 0.15) is 12.2 Å². The van der Waals surface area contributed by atoms with E-state index in [2.05, 4.69) is 15.5 Å². The van der Waals surface area contributed by atoms with Crippen LogP contribution in [0.5, 0.6) is 0 Å². The van der Waals surface area contributed by atoms with Gasteiger partial charge in [0.2, 0.25) is 0 Å². The zero-order valence-corrected chi connectivity index (χ0v) is 8.16. The molecule has 5 nitrogen and oxygen atoms in total. The second-order valence-corrected chi connectivity index (χ2v) is 2.82. The predicted octanol–water partition coefficient (Wildman–Crippen LogP) is 0.0340. The second-order valence-electron chi connectivity index (χ2n) is 2.82. The number of aromatic nitrogens is 3. The minimum Gasteiger partial charge on any atom is -0.385 e. The first kappa shape index (κ1) is 10.1. The molecule has 0 atom stereocenters. The fourth-order valence-corrected chi connectivity index (χ4v) is 1.14. The summed E-state index contributed by atoms with van der Waals surface area (Å²) in [6, 6.07) is 0. The van der Waals surface area contributed by atoms with Crippen LogP contribution in [-0.2, 0) is 17.8 Å². The van der Waals surface area contributed by atoms with Crippen LogP contribution >= 0.6 is 0 Å². The number of aryl methyl sites for hydroxylation is 1. The molecule has 0 radical (unpaired) electrons. The molecule has 5 heteroatoms. The molecular formula is C8H16N4O. The van der Waals surface area contributed by atoms with Crippen LogP contribution in [0.4, 0.5) is 0 Å². The average molecular weight is 184 g/mol. The molecule has 1 rings (SSSR count). The first-order valence-corrected chi connectivity index (χ1v) is 4.38. The highest BCUT2D eigenvalue weighted by Crippen LogP contribution is 1.96. The fraction of sp³-hybridized carbons (Fsp3) is 0.750. The Balaban J connectivity index is 2.40. The zero-order valence-electron chi connectivity index (χ0n) is 8.16. The van der Waals surface area contributed by atoms with E-state index in [-0.39, 0.29) is 0 Å². The van der Waals surface area contributed by atoms with Gasteiger partial charge in [0.1, 0.15) is 12.2 Å². The van der Waals surface area contributed by atoms with E-state index in [0.717, 1.165) is 31.9 Å². The first-order chi connectivity index (χ1) is 6.38. The lowest BCUT2D eigenvalue weighted by Crippen LogP contribution is -2.12. The molecule has 0 aliphatic heterocycles. The number of hydrogen-bond acceptors (Lipinski definition) is 4. The largest absolute Gasteiger partial charge is 0.385 e. The third-order valence-electron chi connectivity index (χ3n) is 1.78. The number of rotatable bonds is 6. The smallest absolute Gasteiger partial charge is 0.146 e. The van der Waals surface area contributed by atoms with Crippen molar-refractivity contribution in [3.05, 3.63) is 12.2 Å². The van der Waals surface area contributed by atoms with Gasteiger partial charge in [0.15, 0.2) is 0 Å². The number of methoxy groups -OCH3 is 1. The second kappa shape index (κ2) is 5.66. The Morgan fingerprint density at radius 1 is 1.62 bits per heavy atom. The van der Waals surface area contributed by atoms with E-state index in [1.165, 1.54) is 0 Å². The van der Waals surface area contributed by atoms with Gasteiger partial charge in [-0.2, -0.15) is 0 Å². The van der Waals surface area contributed by atoms with Gasteiger partial charge in [0.05, 0.1) is 6.54 Å². The lowest BCUT2D eigenvalue weighted by atomic mass is 10.4. The Morgan fingerprint density at radius 2 is 2.46 bits per heavy atom. The lowest BCUT2D eigenvalue weighted by Gasteiger charge is -2.04. The van der Waals surface area contributed by atoms with Gasteiger partial charge < -0.3 is 14.6 Å². The minimum absolute atomic E-state index is 0.757. The summed E-state index contributed by atoms with van der Waals surface area (Å²) in [4.78, 5) is 0. The van der Waals surface area contributed by atoms with E-state index in [1.54, 1.807) is 13.4 Å². The topological polar surface area (TPSA) is 52.0 Å². The lowest BCUT2D eigenvalue weighted by molar-refractivity contribution is 0.190. The molecule has 1 aromatic heterocycles. The Hall–Kier alpha value is -0.940. The van der Waals surface area contributed by atoms with Crippen LogP contribution < -0.4 is 5.32 Å². The van der Waals surface area contributed by atoms with Crippen molar-refractivity contribution in [2.75, 3.05) is 20.8 Å². The first-order valence-electron chi connectivity index (χ1n) is 4.38. The third kappa shape index (κ3) is 3.12. The van der Waals surface area contributed by atoms with Crippen LogP contribution in [0.15, 0.2) is 6.33 Å². The highest BCUT2D eigenvalue weighted by atomic mass is 16.5. The number of nitrogens with one attached hydrogen (secondary N) is 1. The van der Waals surface area contributed by atoms with Gasteiger partial charge in [-0.1, -0.05) is 0 Å². The van der Waals surface area contributed by atoms with Crippen LogP contribution in [0.2, 0.25) is 0 Å². The molecule has 74 valence electrons. The molecule has 0 spiro atoms. The number of ether oxygens (including phenoxy) is 1. The van der Waals surface area contributed by atoms with Crippen molar-refractivity contribution < 1.29 is 4.74 Å². The van der Waals surface area contributed by atoms with Crippen molar-refractivity contribution in [1.29, 1.82) is 0 Å². The maximum atomic E-state index is 4.97. The van der Waals surface area contributed by atoms with Crippen molar-refractivity contribution in [3.63, 3.8) is 0 Å². The molecule has 0 aliphatic carbocycles. The van der Waals surface area contributed by atoms with Crippen LogP contribution in [-0.4, -0.2) is 35.5 Å². The van der Waals surface area contributed by atoms with E-state index in [4.69, 9.17) is 4.74 Å². The van der Waals surface area contributed by atoms with Crippen molar-refractivity contribution >= 4 is 0 Å². The molecule has 13 heavy (non-hydrogen) atoms.